The summed E-state index contributed by atoms with van der Waals surface area (Å²) in [5, 5.41) is 0. The van der Waals surface area contributed by atoms with Crippen LogP contribution in [0, 0.1) is 0 Å². The predicted octanol–water partition coefficient (Wildman–Crippen LogP) is 4.77. The molecule has 1 fully saturated rings. The highest BCUT2D eigenvalue weighted by molar-refractivity contribution is 6.23. The molecule has 1 saturated heterocycles. The molecule has 37 heavy (non-hydrogen) atoms. The molecule has 3 aromatic carbocycles. The second-order valence-electron chi connectivity index (χ2n) is 9.42. The van der Waals surface area contributed by atoms with Crippen LogP contribution < -0.4 is 14.4 Å². The van der Waals surface area contributed by atoms with Gasteiger partial charge >= 0.3 is 0 Å². The maximum atomic E-state index is 13.6. The van der Waals surface area contributed by atoms with Crippen LogP contribution in [0.5, 0.6) is 11.5 Å². The average molecular weight is 500 g/mol. The Morgan fingerprint density at radius 2 is 1.62 bits per heavy atom. The van der Waals surface area contributed by atoms with E-state index in [1.807, 2.05) is 37.3 Å². The summed E-state index contributed by atoms with van der Waals surface area (Å²) in [6.07, 6.45) is 0. The topological polar surface area (TPSA) is 62.3 Å². The summed E-state index contributed by atoms with van der Waals surface area (Å²) >= 11 is 0. The van der Waals surface area contributed by atoms with Crippen LogP contribution in [0.15, 0.2) is 66.7 Å². The van der Waals surface area contributed by atoms with Gasteiger partial charge in [-0.2, -0.15) is 0 Å². The number of anilines is 1. The molecule has 0 bridgehead atoms. The Labute approximate surface area is 218 Å². The van der Waals surface area contributed by atoms with E-state index in [9.17, 15) is 9.59 Å². The quantitative estimate of drug-likeness (QED) is 0.416. The van der Waals surface area contributed by atoms with Crippen LogP contribution >= 0.6 is 0 Å². The second kappa shape index (κ2) is 10.6. The van der Waals surface area contributed by atoms with Crippen molar-refractivity contribution in [3.63, 3.8) is 0 Å². The first-order chi connectivity index (χ1) is 18.0. The zero-order chi connectivity index (χ0) is 25.9. The molecule has 7 heteroatoms. The Morgan fingerprint density at radius 1 is 0.865 bits per heavy atom. The molecule has 0 saturated carbocycles. The van der Waals surface area contributed by atoms with Crippen LogP contribution in [-0.2, 0) is 6.54 Å². The summed E-state index contributed by atoms with van der Waals surface area (Å²) in [7, 11) is 1.59. The van der Waals surface area contributed by atoms with Crippen molar-refractivity contribution in [2.24, 2.45) is 0 Å². The van der Waals surface area contributed by atoms with E-state index in [1.165, 1.54) is 10.5 Å². The lowest BCUT2D eigenvalue weighted by molar-refractivity contribution is 0.0642. The summed E-state index contributed by atoms with van der Waals surface area (Å²) < 4.78 is 11.0. The van der Waals surface area contributed by atoms with E-state index in [2.05, 4.69) is 41.0 Å². The number of carbonyl (C=O) groups is 2. The van der Waals surface area contributed by atoms with Crippen molar-refractivity contribution in [2.45, 2.75) is 26.4 Å². The molecule has 0 radical (unpaired) electrons. The van der Waals surface area contributed by atoms with Crippen LogP contribution in [-0.4, -0.2) is 61.5 Å². The maximum Gasteiger partial charge on any atom is 0.263 e. The van der Waals surface area contributed by atoms with Crippen molar-refractivity contribution in [1.29, 1.82) is 0 Å². The van der Waals surface area contributed by atoms with Crippen molar-refractivity contribution in [3.05, 3.63) is 89.0 Å². The highest BCUT2D eigenvalue weighted by Crippen LogP contribution is 2.35. The van der Waals surface area contributed by atoms with E-state index < -0.39 is 0 Å². The molecular formula is C30H33N3O4. The highest BCUT2D eigenvalue weighted by Gasteiger charge is 2.39. The fourth-order valence-electron chi connectivity index (χ4n) is 5.29. The lowest BCUT2D eigenvalue weighted by Crippen LogP contribution is -2.47. The van der Waals surface area contributed by atoms with Crippen LogP contribution in [0.1, 0.15) is 51.7 Å². The number of methoxy groups -OCH3 is 1. The van der Waals surface area contributed by atoms with E-state index in [1.54, 1.807) is 19.2 Å². The van der Waals surface area contributed by atoms with Gasteiger partial charge in [0.05, 0.1) is 37.1 Å². The Hall–Kier alpha value is -3.84. The molecule has 0 aromatic heterocycles. The van der Waals surface area contributed by atoms with E-state index in [-0.39, 0.29) is 18.4 Å². The molecule has 7 nitrogen and oxygen atoms in total. The molecule has 0 spiro atoms. The summed E-state index contributed by atoms with van der Waals surface area (Å²) in [5.74, 6) is 0.717. The first-order valence-electron chi connectivity index (χ1n) is 12.8. The van der Waals surface area contributed by atoms with E-state index in [0.29, 0.717) is 35.3 Å². The largest absolute Gasteiger partial charge is 0.493 e. The zero-order valence-corrected chi connectivity index (χ0v) is 21.6. The minimum atomic E-state index is -0.257. The standard InChI is InChI=1S/C30H33N3O4/c1-4-37-27-19-22(13-14-26(27)36-3)20-33-29(34)24-11-8-12-25(28(24)30(33)35)32-17-15-31(16-18-32)21(2)23-9-6-5-7-10-23/h5-14,19,21H,4,15-18,20H2,1-3H3/t21-/m1/s1. The number of fused-ring (bicyclic) bond motifs is 1. The van der Waals surface area contributed by atoms with Crippen molar-refractivity contribution in [3.8, 4) is 11.5 Å². The van der Waals surface area contributed by atoms with E-state index in [4.69, 9.17) is 9.47 Å². The molecule has 0 unspecified atom stereocenters. The van der Waals surface area contributed by atoms with E-state index >= 15 is 0 Å². The van der Waals surface area contributed by atoms with Crippen LogP contribution in [0.3, 0.4) is 0 Å². The number of piperazine rings is 1. The molecule has 0 aliphatic carbocycles. The molecule has 192 valence electrons. The number of amides is 2. The fraction of sp³-hybridized carbons (Fsp3) is 0.333. The van der Waals surface area contributed by atoms with Gasteiger partial charge in [0.15, 0.2) is 11.5 Å². The zero-order valence-electron chi connectivity index (χ0n) is 21.6. The summed E-state index contributed by atoms with van der Waals surface area (Å²) in [4.78, 5) is 32.9. The number of carbonyl (C=O) groups excluding carboxylic acids is 2. The Morgan fingerprint density at radius 3 is 2.32 bits per heavy atom. The highest BCUT2D eigenvalue weighted by atomic mass is 16.5. The van der Waals surface area contributed by atoms with Gasteiger partial charge in [-0.3, -0.25) is 19.4 Å². The number of ether oxygens (including phenoxy) is 2. The number of hydrogen-bond donors (Lipinski definition) is 0. The van der Waals surface area contributed by atoms with Crippen LogP contribution in [0.25, 0.3) is 0 Å². The van der Waals surface area contributed by atoms with Crippen LogP contribution in [0.4, 0.5) is 5.69 Å². The minimum absolute atomic E-state index is 0.179. The second-order valence-corrected chi connectivity index (χ2v) is 9.42. The predicted molar refractivity (Wildman–Crippen MR) is 143 cm³/mol. The van der Waals surface area contributed by atoms with E-state index in [0.717, 1.165) is 37.4 Å². The van der Waals surface area contributed by atoms with Gasteiger partial charge in [0.25, 0.3) is 11.8 Å². The number of rotatable bonds is 8. The molecule has 2 heterocycles. The number of hydrogen-bond acceptors (Lipinski definition) is 6. The lowest BCUT2D eigenvalue weighted by atomic mass is 10.0. The molecule has 3 aromatic rings. The fourth-order valence-corrected chi connectivity index (χ4v) is 5.29. The van der Waals surface area contributed by atoms with Gasteiger partial charge in [-0.25, -0.2) is 0 Å². The van der Waals surface area contributed by atoms with Gasteiger partial charge in [-0.05, 0) is 49.2 Å². The van der Waals surface area contributed by atoms with Crippen molar-refractivity contribution >= 4 is 17.5 Å². The molecule has 0 N–H and O–H groups in total. The minimum Gasteiger partial charge on any atom is -0.493 e. The summed E-state index contributed by atoms with van der Waals surface area (Å²) in [6, 6.07) is 22.0. The first-order valence-corrected chi connectivity index (χ1v) is 12.8. The van der Waals surface area contributed by atoms with Gasteiger partial charge in [-0.1, -0.05) is 42.5 Å². The number of nitrogens with zero attached hydrogens (tertiary/aromatic N) is 3. The van der Waals surface area contributed by atoms with Gasteiger partial charge in [-0.15, -0.1) is 0 Å². The molecule has 5 rings (SSSR count). The van der Waals surface area contributed by atoms with Crippen molar-refractivity contribution < 1.29 is 19.1 Å². The average Bonchev–Trinajstić information content (AvgIpc) is 3.18. The number of imide groups is 1. The molecule has 1 atom stereocenters. The molecule has 2 amide bonds. The monoisotopic (exact) mass is 499 g/mol. The molecule has 2 aliphatic heterocycles. The van der Waals surface area contributed by atoms with Gasteiger partial charge in [0, 0.05) is 32.2 Å². The smallest absolute Gasteiger partial charge is 0.263 e. The SMILES string of the molecule is CCOc1cc(CN2C(=O)c3cccc(N4CCN([C@H](C)c5ccccc5)CC4)c3C2=O)ccc1OC. The van der Waals surface area contributed by atoms with Gasteiger partial charge < -0.3 is 14.4 Å². The third-order valence-electron chi connectivity index (χ3n) is 7.33. The van der Waals surface area contributed by atoms with Crippen LogP contribution in [0.2, 0.25) is 0 Å². The Balaban J connectivity index is 1.33. The third-order valence-corrected chi connectivity index (χ3v) is 7.33. The van der Waals surface area contributed by atoms with Gasteiger partial charge in [0.1, 0.15) is 0 Å². The van der Waals surface area contributed by atoms with Crippen molar-refractivity contribution in [1.82, 2.24) is 9.80 Å². The lowest BCUT2D eigenvalue weighted by Gasteiger charge is -2.39. The number of benzene rings is 3. The Bertz CT molecular complexity index is 1290. The first kappa shape index (κ1) is 24.8. The molecular weight excluding hydrogens is 466 g/mol. The normalized spacial score (nSPS) is 16.6. The van der Waals surface area contributed by atoms with Crippen molar-refractivity contribution in [2.75, 3.05) is 44.8 Å². The Kier molecular flexibility index (Phi) is 7.15. The summed E-state index contributed by atoms with van der Waals surface area (Å²) in [6.45, 7) is 8.18. The molecule has 2 aliphatic rings. The third kappa shape index (κ3) is 4.79. The maximum absolute atomic E-state index is 13.6. The summed E-state index contributed by atoms with van der Waals surface area (Å²) in [5.41, 5.74) is 3.94. The van der Waals surface area contributed by atoms with Gasteiger partial charge in [0.2, 0.25) is 0 Å².